The molecule has 0 aromatic carbocycles. The Kier molecular flexibility index (Phi) is 3.91. The Balaban J connectivity index is 1.52. The molecule has 1 saturated carbocycles. The molecule has 1 unspecified atom stereocenters. The van der Waals surface area contributed by atoms with Gasteiger partial charge in [0.1, 0.15) is 5.69 Å². The Hall–Kier alpha value is -2.62. The number of aromatic nitrogens is 3. The number of alkyl halides is 3. The van der Waals surface area contributed by atoms with Crippen molar-refractivity contribution in [1.82, 2.24) is 20.1 Å². The van der Waals surface area contributed by atoms with Crippen molar-refractivity contribution in [3.63, 3.8) is 0 Å². The number of rotatable bonds is 2. The lowest BCUT2D eigenvalue weighted by atomic mass is 9.84. The van der Waals surface area contributed by atoms with E-state index >= 15 is 0 Å². The van der Waals surface area contributed by atoms with Gasteiger partial charge >= 0.3 is 12.2 Å². The van der Waals surface area contributed by atoms with Crippen molar-refractivity contribution >= 4 is 11.7 Å². The zero-order chi connectivity index (χ0) is 19.3. The number of pyridine rings is 1. The summed E-state index contributed by atoms with van der Waals surface area (Å²) in [5.41, 5.74) is -2.20. The second-order valence-electron chi connectivity index (χ2n) is 7.14. The number of carbonyl (C=O) groups is 1. The van der Waals surface area contributed by atoms with E-state index in [0.29, 0.717) is 29.9 Å². The highest BCUT2D eigenvalue weighted by molar-refractivity contribution is 5.93. The van der Waals surface area contributed by atoms with E-state index in [2.05, 4.69) is 20.5 Å². The Morgan fingerprint density at radius 3 is 2.70 bits per heavy atom. The number of H-pyrrole nitrogens is 1. The molecule has 2 aliphatic rings. The van der Waals surface area contributed by atoms with Gasteiger partial charge in [0.2, 0.25) is 0 Å². The summed E-state index contributed by atoms with van der Waals surface area (Å²) < 4.78 is 39.5. The largest absolute Gasteiger partial charge is 0.417 e. The maximum absolute atomic E-state index is 13.2. The first-order valence-corrected chi connectivity index (χ1v) is 8.57. The number of nitrogens with zero attached hydrogens (tertiary/aromatic N) is 3. The van der Waals surface area contributed by atoms with E-state index in [-0.39, 0.29) is 6.54 Å². The number of hydrogen-bond acceptors (Lipinski definition) is 4. The zero-order valence-corrected chi connectivity index (χ0v) is 14.3. The minimum Gasteiger partial charge on any atom is -0.380 e. The highest BCUT2D eigenvalue weighted by Gasteiger charge is 2.65. The third-order valence-electron chi connectivity index (χ3n) is 5.35. The lowest BCUT2D eigenvalue weighted by Gasteiger charge is -2.45. The van der Waals surface area contributed by atoms with Crippen LogP contribution in [0.4, 0.5) is 23.7 Å². The molecule has 7 nitrogen and oxygen atoms in total. The molecule has 2 fully saturated rings. The fraction of sp³-hybridized carbons (Fsp3) is 0.471. The number of hydrogen-bond donors (Lipinski definition) is 3. The third-order valence-corrected chi connectivity index (χ3v) is 5.35. The van der Waals surface area contributed by atoms with Crippen molar-refractivity contribution < 1.29 is 23.1 Å². The summed E-state index contributed by atoms with van der Waals surface area (Å²) in [6.45, 7) is -0.168. The number of amides is 2. The van der Waals surface area contributed by atoms with Gasteiger partial charge in [-0.15, -0.1) is 0 Å². The lowest BCUT2D eigenvalue weighted by Crippen LogP contribution is -2.60. The molecule has 0 bridgehead atoms. The highest BCUT2D eigenvalue weighted by atomic mass is 19.4. The van der Waals surface area contributed by atoms with E-state index in [9.17, 15) is 23.1 Å². The Morgan fingerprint density at radius 1 is 1.30 bits per heavy atom. The summed E-state index contributed by atoms with van der Waals surface area (Å²) in [6.07, 6.45) is -1.82. The van der Waals surface area contributed by atoms with Crippen molar-refractivity contribution in [1.29, 1.82) is 0 Å². The van der Waals surface area contributed by atoms with Crippen molar-refractivity contribution in [2.45, 2.75) is 43.0 Å². The average molecular weight is 381 g/mol. The molecular weight excluding hydrogens is 363 g/mol. The molecule has 1 spiro atoms. The number of carbonyl (C=O) groups excluding carboxylic acids is 1. The molecule has 3 heterocycles. The van der Waals surface area contributed by atoms with Crippen molar-refractivity contribution in [2.75, 3.05) is 11.9 Å². The molecule has 144 valence electrons. The minimum absolute atomic E-state index is 0.168. The van der Waals surface area contributed by atoms with Gasteiger partial charge in [0.25, 0.3) is 0 Å². The lowest BCUT2D eigenvalue weighted by molar-refractivity contribution is -0.277. The number of halogens is 3. The molecule has 2 aromatic heterocycles. The van der Waals surface area contributed by atoms with Gasteiger partial charge in [-0.05, 0) is 25.0 Å². The topological polar surface area (TPSA) is 94.1 Å². The Bertz CT molecular complexity index is 850. The van der Waals surface area contributed by atoms with Crippen molar-refractivity contribution in [3.05, 3.63) is 30.6 Å². The van der Waals surface area contributed by atoms with Gasteiger partial charge in [-0.2, -0.15) is 18.3 Å². The number of urea groups is 1. The molecule has 1 saturated heterocycles. The van der Waals surface area contributed by atoms with Crippen molar-refractivity contribution in [2.24, 2.45) is 0 Å². The molecule has 1 aliphatic heterocycles. The Labute approximate surface area is 152 Å². The smallest absolute Gasteiger partial charge is 0.380 e. The normalized spacial score (nSPS) is 24.1. The number of aromatic amines is 1. The molecule has 27 heavy (non-hydrogen) atoms. The van der Waals surface area contributed by atoms with Crippen LogP contribution in [-0.2, 0) is 0 Å². The van der Waals surface area contributed by atoms with Crippen LogP contribution in [0.5, 0.6) is 0 Å². The van der Waals surface area contributed by atoms with E-state index in [4.69, 9.17) is 0 Å². The maximum atomic E-state index is 13.2. The van der Waals surface area contributed by atoms with Crippen LogP contribution < -0.4 is 5.32 Å². The molecule has 2 aromatic rings. The number of nitrogens with one attached hydrogen (secondary N) is 2. The molecule has 1 aliphatic carbocycles. The number of piperidine rings is 1. The van der Waals surface area contributed by atoms with E-state index in [1.807, 2.05) is 0 Å². The van der Waals surface area contributed by atoms with Crippen LogP contribution in [0.15, 0.2) is 30.6 Å². The summed E-state index contributed by atoms with van der Waals surface area (Å²) in [4.78, 5) is 18.4. The van der Waals surface area contributed by atoms with E-state index in [1.165, 1.54) is 11.1 Å². The zero-order valence-electron chi connectivity index (χ0n) is 14.3. The summed E-state index contributed by atoms with van der Waals surface area (Å²) >= 11 is 0. The van der Waals surface area contributed by atoms with Crippen LogP contribution in [0, 0.1) is 0 Å². The summed E-state index contributed by atoms with van der Waals surface area (Å²) in [5, 5.41) is 19.4. The van der Waals surface area contributed by atoms with Crippen LogP contribution in [0.1, 0.15) is 25.7 Å². The van der Waals surface area contributed by atoms with Gasteiger partial charge in [-0.25, -0.2) is 4.79 Å². The maximum Gasteiger partial charge on any atom is 0.417 e. The van der Waals surface area contributed by atoms with Crippen LogP contribution in [0.3, 0.4) is 0 Å². The predicted molar refractivity (Wildman–Crippen MR) is 89.7 cm³/mol. The molecular formula is C17H18F3N5O2. The van der Waals surface area contributed by atoms with Crippen LogP contribution in [0.2, 0.25) is 0 Å². The molecule has 4 rings (SSSR count). The number of anilines is 1. The molecule has 3 N–H and O–H groups in total. The van der Waals surface area contributed by atoms with E-state index in [1.54, 1.807) is 24.4 Å². The standard InChI is InChI=1S/C17H18F3N5O2/c18-17(19,20)16(27)6-8-25(15(10-16)4-5-15)14(26)23-12-9-22-24-13(12)11-3-1-2-7-21-11/h1-3,7,9,27H,4-6,8,10H2,(H,22,24)(H,23,26). The van der Waals surface area contributed by atoms with Gasteiger partial charge in [0, 0.05) is 31.1 Å². The quantitative estimate of drug-likeness (QED) is 0.746. The molecule has 2 amide bonds. The van der Waals surface area contributed by atoms with Crippen molar-refractivity contribution in [3.8, 4) is 11.4 Å². The Morgan fingerprint density at radius 2 is 2.07 bits per heavy atom. The van der Waals surface area contributed by atoms with Crippen LogP contribution in [0.25, 0.3) is 11.4 Å². The highest BCUT2D eigenvalue weighted by Crippen LogP contribution is 2.55. The van der Waals surface area contributed by atoms with Gasteiger partial charge in [-0.1, -0.05) is 6.07 Å². The minimum atomic E-state index is -4.71. The second kappa shape index (κ2) is 5.95. The van der Waals surface area contributed by atoms with Gasteiger partial charge in [-0.3, -0.25) is 10.1 Å². The van der Waals surface area contributed by atoms with Crippen LogP contribution >= 0.6 is 0 Å². The monoisotopic (exact) mass is 381 g/mol. The SMILES string of the molecule is O=C(Nc1cn[nH]c1-c1ccccn1)N1CCC(O)(C(F)(F)F)CC12CC2. The van der Waals surface area contributed by atoms with Crippen LogP contribution in [-0.4, -0.2) is 55.1 Å². The van der Waals surface area contributed by atoms with Gasteiger partial charge in [0.05, 0.1) is 17.6 Å². The fourth-order valence-corrected chi connectivity index (χ4v) is 3.68. The summed E-state index contributed by atoms with van der Waals surface area (Å²) in [7, 11) is 0. The van der Waals surface area contributed by atoms with Gasteiger partial charge < -0.3 is 15.3 Å². The second-order valence-corrected chi connectivity index (χ2v) is 7.14. The summed E-state index contributed by atoms with van der Waals surface area (Å²) in [5.74, 6) is 0. The number of aliphatic hydroxyl groups is 1. The molecule has 10 heteroatoms. The summed E-state index contributed by atoms with van der Waals surface area (Å²) in [6, 6.07) is 4.78. The third kappa shape index (κ3) is 3.03. The predicted octanol–water partition coefficient (Wildman–Crippen LogP) is 2.93. The molecule has 0 radical (unpaired) electrons. The first-order valence-electron chi connectivity index (χ1n) is 8.57. The van der Waals surface area contributed by atoms with Gasteiger partial charge in [0.15, 0.2) is 5.60 Å². The number of likely N-dealkylation sites (tertiary alicyclic amines) is 1. The first-order chi connectivity index (χ1) is 12.7. The first kappa shape index (κ1) is 17.8. The molecule has 1 atom stereocenters. The average Bonchev–Trinajstić information content (AvgIpc) is 3.20. The fourth-order valence-electron chi connectivity index (χ4n) is 3.68. The van der Waals surface area contributed by atoms with E-state index < -0.39 is 36.2 Å². The van der Waals surface area contributed by atoms with E-state index in [0.717, 1.165) is 0 Å².